The van der Waals surface area contributed by atoms with Crippen LogP contribution >= 0.6 is 0 Å². The van der Waals surface area contributed by atoms with Crippen molar-refractivity contribution in [3.05, 3.63) is 64.7 Å². The summed E-state index contributed by atoms with van der Waals surface area (Å²) in [5.74, 6) is 0. The first-order valence-corrected chi connectivity index (χ1v) is 8.01. The summed E-state index contributed by atoms with van der Waals surface area (Å²) in [5.41, 5.74) is 3.39. The summed E-state index contributed by atoms with van der Waals surface area (Å²) < 4.78 is 0. The molecule has 1 N–H and O–H groups in total. The van der Waals surface area contributed by atoms with Gasteiger partial charge in [-0.15, -0.1) is 0 Å². The number of benzene rings is 2. The standard InChI is InChI=1S/C20H18N4O/c1-20(13-22,10-14-4-3-5-15(8-14)11-21)17-7-6-16-12-24(2)19(25)23-18(16)9-17/h3-9H,10,12H2,1-2H3,(H,23,25). The smallest absolute Gasteiger partial charge is 0.321 e. The van der Waals surface area contributed by atoms with Gasteiger partial charge in [0.15, 0.2) is 0 Å². The van der Waals surface area contributed by atoms with Crippen LogP contribution in [-0.2, 0) is 18.4 Å². The number of carbonyl (C=O) groups excluding carboxylic acids is 1. The Labute approximate surface area is 147 Å². The van der Waals surface area contributed by atoms with Gasteiger partial charge in [-0.05, 0) is 48.2 Å². The molecule has 1 heterocycles. The van der Waals surface area contributed by atoms with Gasteiger partial charge in [-0.1, -0.05) is 24.3 Å². The van der Waals surface area contributed by atoms with Crippen LogP contribution in [0.5, 0.6) is 0 Å². The van der Waals surface area contributed by atoms with Gasteiger partial charge in [0.05, 0.1) is 23.1 Å². The lowest BCUT2D eigenvalue weighted by Gasteiger charge is -2.29. The van der Waals surface area contributed by atoms with E-state index in [0.29, 0.717) is 18.5 Å². The van der Waals surface area contributed by atoms with Crippen LogP contribution in [0.4, 0.5) is 10.5 Å². The fourth-order valence-electron chi connectivity index (χ4n) is 3.08. The van der Waals surface area contributed by atoms with Crippen molar-refractivity contribution in [3.8, 4) is 12.1 Å². The van der Waals surface area contributed by atoms with Gasteiger partial charge < -0.3 is 10.2 Å². The topological polar surface area (TPSA) is 79.9 Å². The molecular weight excluding hydrogens is 312 g/mol. The normalized spacial score (nSPS) is 15.4. The van der Waals surface area contributed by atoms with E-state index in [1.165, 1.54) is 0 Å². The highest BCUT2D eigenvalue weighted by molar-refractivity contribution is 5.92. The molecule has 2 aromatic rings. The van der Waals surface area contributed by atoms with Crippen LogP contribution in [0.15, 0.2) is 42.5 Å². The summed E-state index contributed by atoms with van der Waals surface area (Å²) in [5, 5.41) is 21.7. The second-order valence-corrected chi connectivity index (χ2v) is 6.59. The maximum Gasteiger partial charge on any atom is 0.321 e. The van der Waals surface area contributed by atoms with Gasteiger partial charge in [0, 0.05) is 19.3 Å². The molecule has 0 saturated carbocycles. The summed E-state index contributed by atoms with van der Waals surface area (Å²) in [4.78, 5) is 13.5. The maximum absolute atomic E-state index is 11.9. The Morgan fingerprint density at radius 2 is 2.04 bits per heavy atom. The molecule has 2 aromatic carbocycles. The molecule has 0 bridgehead atoms. The molecule has 3 rings (SSSR count). The molecule has 0 aliphatic carbocycles. The van der Waals surface area contributed by atoms with E-state index < -0.39 is 5.41 Å². The van der Waals surface area contributed by atoms with Crippen LogP contribution in [0.3, 0.4) is 0 Å². The maximum atomic E-state index is 11.9. The third-order valence-corrected chi connectivity index (χ3v) is 4.60. The molecule has 124 valence electrons. The predicted octanol–water partition coefficient (Wildman–Crippen LogP) is 3.56. The highest BCUT2D eigenvalue weighted by Crippen LogP contribution is 2.32. The second-order valence-electron chi connectivity index (χ2n) is 6.59. The summed E-state index contributed by atoms with van der Waals surface area (Å²) >= 11 is 0. The first-order chi connectivity index (χ1) is 11.9. The Kier molecular flexibility index (Phi) is 4.17. The van der Waals surface area contributed by atoms with Gasteiger partial charge in [-0.2, -0.15) is 10.5 Å². The Hall–Kier alpha value is -3.31. The Morgan fingerprint density at radius 1 is 1.24 bits per heavy atom. The summed E-state index contributed by atoms with van der Waals surface area (Å²) in [6.07, 6.45) is 0.492. The van der Waals surface area contributed by atoms with Crippen molar-refractivity contribution in [1.82, 2.24) is 4.90 Å². The lowest BCUT2D eigenvalue weighted by molar-refractivity contribution is 0.218. The molecule has 0 fully saturated rings. The number of nitrogens with zero attached hydrogens (tertiary/aromatic N) is 3. The van der Waals surface area contributed by atoms with Crippen LogP contribution in [0.1, 0.15) is 29.2 Å². The zero-order valence-corrected chi connectivity index (χ0v) is 14.2. The van der Waals surface area contributed by atoms with Crippen molar-refractivity contribution < 1.29 is 4.79 Å². The summed E-state index contributed by atoms with van der Waals surface area (Å²) in [6, 6.07) is 17.5. The van der Waals surface area contributed by atoms with Gasteiger partial charge in [0.1, 0.15) is 0 Å². The summed E-state index contributed by atoms with van der Waals surface area (Å²) in [7, 11) is 1.74. The average molecular weight is 330 g/mol. The van der Waals surface area contributed by atoms with Crippen molar-refractivity contribution in [2.24, 2.45) is 0 Å². The van der Waals surface area contributed by atoms with E-state index in [9.17, 15) is 10.1 Å². The van der Waals surface area contributed by atoms with Crippen molar-refractivity contribution in [1.29, 1.82) is 10.5 Å². The van der Waals surface area contributed by atoms with Crippen LogP contribution in [0.25, 0.3) is 0 Å². The SMILES string of the molecule is CN1Cc2ccc(C(C)(C#N)Cc3cccc(C#N)c3)cc2NC1=O. The average Bonchev–Trinajstić information content (AvgIpc) is 2.62. The van der Waals surface area contributed by atoms with E-state index in [4.69, 9.17) is 5.26 Å². The fraction of sp³-hybridized carbons (Fsp3) is 0.250. The van der Waals surface area contributed by atoms with Crippen LogP contribution in [0, 0.1) is 22.7 Å². The highest BCUT2D eigenvalue weighted by Gasteiger charge is 2.29. The molecule has 1 atom stereocenters. The minimum Gasteiger partial charge on any atom is -0.323 e. The molecule has 25 heavy (non-hydrogen) atoms. The molecule has 5 nitrogen and oxygen atoms in total. The van der Waals surface area contributed by atoms with Crippen LogP contribution in [-0.4, -0.2) is 18.0 Å². The number of hydrogen-bond donors (Lipinski definition) is 1. The number of anilines is 1. The number of hydrogen-bond acceptors (Lipinski definition) is 3. The molecule has 1 aliphatic heterocycles. The molecule has 0 spiro atoms. The molecule has 0 saturated heterocycles. The Bertz CT molecular complexity index is 922. The second kappa shape index (κ2) is 6.30. The molecule has 0 radical (unpaired) electrons. The van der Waals surface area contributed by atoms with Gasteiger partial charge in [0.2, 0.25) is 0 Å². The number of urea groups is 1. The van der Waals surface area contributed by atoms with E-state index in [2.05, 4.69) is 17.5 Å². The minimum absolute atomic E-state index is 0.148. The quantitative estimate of drug-likeness (QED) is 0.934. The fourth-order valence-corrected chi connectivity index (χ4v) is 3.08. The molecule has 1 unspecified atom stereocenters. The number of amides is 2. The van der Waals surface area contributed by atoms with Crippen LogP contribution in [0.2, 0.25) is 0 Å². The Morgan fingerprint density at radius 3 is 2.76 bits per heavy atom. The van der Waals surface area contributed by atoms with E-state index in [-0.39, 0.29) is 6.03 Å². The van der Waals surface area contributed by atoms with Crippen molar-refractivity contribution in [2.45, 2.75) is 25.3 Å². The molecule has 2 amide bonds. The first-order valence-electron chi connectivity index (χ1n) is 8.01. The van der Waals surface area contributed by atoms with Gasteiger partial charge in [-0.25, -0.2) is 4.79 Å². The summed E-state index contributed by atoms with van der Waals surface area (Å²) in [6.45, 7) is 2.43. The van der Waals surface area contributed by atoms with Crippen molar-refractivity contribution in [3.63, 3.8) is 0 Å². The highest BCUT2D eigenvalue weighted by atomic mass is 16.2. The van der Waals surface area contributed by atoms with E-state index >= 15 is 0 Å². The third kappa shape index (κ3) is 3.18. The third-order valence-electron chi connectivity index (χ3n) is 4.60. The molecule has 5 heteroatoms. The molecular formula is C20H18N4O. The zero-order chi connectivity index (χ0) is 18.0. The number of carbonyl (C=O) groups is 1. The lowest BCUT2D eigenvalue weighted by Crippen LogP contribution is -2.35. The zero-order valence-electron chi connectivity index (χ0n) is 14.2. The van der Waals surface area contributed by atoms with Gasteiger partial charge >= 0.3 is 6.03 Å². The lowest BCUT2D eigenvalue weighted by atomic mass is 9.78. The van der Waals surface area contributed by atoms with Gasteiger partial charge in [-0.3, -0.25) is 0 Å². The van der Waals surface area contributed by atoms with Crippen molar-refractivity contribution >= 4 is 11.7 Å². The molecule has 1 aliphatic rings. The van der Waals surface area contributed by atoms with Crippen molar-refractivity contribution in [2.75, 3.05) is 12.4 Å². The first kappa shape index (κ1) is 16.5. The van der Waals surface area contributed by atoms with Crippen LogP contribution < -0.4 is 5.32 Å². The van der Waals surface area contributed by atoms with E-state index in [1.54, 1.807) is 18.0 Å². The number of fused-ring (bicyclic) bond motifs is 1. The monoisotopic (exact) mass is 330 g/mol. The van der Waals surface area contributed by atoms with E-state index in [1.807, 2.05) is 43.3 Å². The van der Waals surface area contributed by atoms with Gasteiger partial charge in [0.25, 0.3) is 0 Å². The predicted molar refractivity (Wildman–Crippen MR) is 94.8 cm³/mol. The largest absolute Gasteiger partial charge is 0.323 e. The number of nitrogens with one attached hydrogen (secondary N) is 1. The number of rotatable bonds is 3. The Balaban J connectivity index is 1.95. The van der Waals surface area contributed by atoms with E-state index in [0.717, 1.165) is 22.4 Å². The molecule has 0 aromatic heterocycles. The number of nitriles is 2. The minimum atomic E-state index is -0.753.